The lowest BCUT2D eigenvalue weighted by Crippen LogP contribution is -2.30. The highest BCUT2D eigenvalue weighted by atomic mass is 35.5. The smallest absolute Gasteiger partial charge is 0.0351 e. The monoisotopic (exact) mass is 281 g/mol. The second-order valence-electron chi connectivity index (χ2n) is 5.33. The fourth-order valence-electron chi connectivity index (χ4n) is 2.48. The van der Waals surface area contributed by atoms with E-state index in [1.165, 1.54) is 37.8 Å². The fourth-order valence-corrected chi connectivity index (χ4v) is 2.72. The molecule has 0 amide bonds. The molecule has 19 heavy (non-hydrogen) atoms. The van der Waals surface area contributed by atoms with Crippen molar-refractivity contribution < 1.29 is 0 Å². The molecule has 0 heterocycles. The molecule has 0 saturated heterocycles. The molecule has 1 rings (SSSR count). The van der Waals surface area contributed by atoms with E-state index in [0.717, 1.165) is 24.9 Å². The zero-order chi connectivity index (χ0) is 13.9. The van der Waals surface area contributed by atoms with Crippen LogP contribution in [0.3, 0.4) is 0 Å². The number of alkyl halides is 1. The summed E-state index contributed by atoms with van der Waals surface area (Å²) >= 11 is 5.95. The minimum absolute atomic E-state index is 0.719. The van der Waals surface area contributed by atoms with Gasteiger partial charge in [0.15, 0.2) is 0 Å². The van der Waals surface area contributed by atoms with Gasteiger partial charge in [0.05, 0.1) is 0 Å². The molecule has 0 bridgehead atoms. The Bertz CT molecular complexity index is 312. The van der Waals surface area contributed by atoms with Crippen LogP contribution in [0.5, 0.6) is 0 Å². The predicted octanol–water partition coefficient (Wildman–Crippen LogP) is 4.94. The van der Waals surface area contributed by atoms with Gasteiger partial charge in [-0.15, -0.1) is 11.6 Å². The summed E-state index contributed by atoms with van der Waals surface area (Å²) in [4.78, 5) is 2.51. The Morgan fingerprint density at radius 2 is 1.89 bits per heavy atom. The van der Waals surface area contributed by atoms with Gasteiger partial charge in [0, 0.05) is 25.5 Å². The van der Waals surface area contributed by atoms with Crippen LogP contribution >= 0.6 is 11.6 Å². The topological polar surface area (TPSA) is 3.24 Å². The Labute approximate surface area is 124 Å². The van der Waals surface area contributed by atoms with E-state index >= 15 is 0 Å². The van der Waals surface area contributed by atoms with Crippen LogP contribution in [-0.4, -0.2) is 23.9 Å². The van der Waals surface area contributed by atoms with E-state index in [0.29, 0.717) is 0 Å². The minimum Gasteiger partial charge on any atom is -0.298 e. The van der Waals surface area contributed by atoms with Gasteiger partial charge in [-0.2, -0.15) is 0 Å². The van der Waals surface area contributed by atoms with E-state index in [1.54, 1.807) is 0 Å². The van der Waals surface area contributed by atoms with Crippen molar-refractivity contribution in [1.29, 1.82) is 0 Å². The maximum absolute atomic E-state index is 5.95. The van der Waals surface area contributed by atoms with Gasteiger partial charge in [0.1, 0.15) is 0 Å². The molecule has 0 aromatic heterocycles. The molecule has 1 aromatic rings. The van der Waals surface area contributed by atoms with E-state index in [1.807, 2.05) is 0 Å². The van der Waals surface area contributed by atoms with Gasteiger partial charge in [-0.1, -0.05) is 63.4 Å². The molecule has 108 valence electrons. The number of hydrogen-bond acceptors (Lipinski definition) is 1. The molecular weight excluding hydrogens is 254 g/mol. The predicted molar refractivity (Wildman–Crippen MR) is 85.7 cm³/mol. The molecule has 0 fully saturated rings. The Balaban J connectivity index is 2.51. The number of nitrogens with zero attached hydrogens (tertiary/aromatic N) is 1. The third kappa shape index (κ3) is 6.98. The molecule has 1 atom stereocenters. The van der Waals surface area contributed by atoms with Crippen molar-refractivity contribution in [2.24, 2.45) is 5.92 Å². The lowest BCUT2D eigenvalue weighted by atomic mass is 9.98. The van der Waals surface area contributed by atoms with Gasteiger partial charge in [-0.3, -0.25) is 4.90 Å². The Kier molecular flexibility index (Phi) is 8.94. The summed E-state index contributed by atoms with van der Waals surface area (Å²) in [6.45, 7) is 7.77. The highest BCUT2D eigenvalue weighted by molar-refractivity contribution is 6.18. The van der Waals surface area contributed by atoms with Crippen molar-refractivity contribution in [3.8, 4) is 0 Å². The number of rotatable bonds is 10. The van der Waals surface area contributed by atoms with E-state index < -0.39 is 0 Å². The first-order chi connectivity index (χ1) is 9.30. The lowest BCUT2D eigenvalue weighted by Gasteiger charge is -2.26. The van der Waals surface area contributed by atoms with Crippen molar-refractivity contribution >= 4 is 11.6 Å². The molecule has 2 heteroatoms. The summed E-state index contributed by atoms with van der Waals surface area (Å²) in [6.07, 6.45) is 5.26. The van der Waals surface area contributed by atoms with Gasteiger partial charge in [-0.05, 0) is 17.9 Å². The summed E-state index contributed by atoms with van der Waals surface area (Å²) in [5.74, 6) is 1.53. The van der Waals surface area contributed by atoms with Crippen molar-refractivity contribution in [2.75, 3.05) is 19.0 Å². The Morgan fingerprint density at radius 1 is 1.16 bits per heavy atom. The lowest BCUT2D eigenvalue weighted by molar-refractivity contribution is 0.222. The van der Waals surface area contributed by atoms with Gasteiger partial charge < -0.3 is 0 Å². The Morgan fingerprint density at radius 3 is 2.47 bits per heavy atom. The van der Waals surface area contributed by atoms with Crippen LogP contribution in [0.25, 0.3) is 0 Å². The third-order valence-corrected chi connectivity index (χ3v) is 3.88. The SMILES string of the molecule is CCCCC(CC)CN(CCCl)Cc1ccccc1. The van der Waals surface area contributed by atoms with Gasteiger partial charge in [-0.25, -0.2) is 0 Å². The van der Waals surface area contributed by atoms with Crippen molar-refractivity contribution in [3.63, 3.8) is 0 Å². The molecule has 0 spiro atoms. The number of unbranched alkanes of at least 4 members (excludes halogenated alkanes) is 1. The minimum atomic E-state index is 0.719. The molecule has 1 aromatic carbocycles. The molecule has 0 N–H and O–H groups in total. The van der Waals surface area contributed by atoms with E-state index in [-0.39, 0.29) is 0 Å². The first-order valence-corrected chi connectivity index (χ1v) is 8.15. The maximum atomic E-state index is 5.95. The van der Waals surface area contributed by atoms with Crippen LogP contribution in [0.4, 0.5) is 0 Å². The molecule has 0 saturated carbocycles. The molecule has 0 radical (unpaired) electrons. The van der Waals surface area contributed by atoms with Crippen LogP contribution in [0.2, 0.25) is 0 Å². The van der Waals surface area contributed by atoms with Crippen LogP contribution < -0.4 is 0 Å². The summed E-state index contributed by atoms with van der Waals surface area (Å²) < 4.78 is 0. The standard InChI is InChI=1S/C17H28ClN/c1-3-5-9-16(4-2)14-19(13-12-18)15-17-10-7-6-8-11-17/h6-8,10-11,16H,3-5,9,12-15H2,1-2H3. The fraction of sp³-hybridized carbons (Fsp3) is 0.647. The molecule has 1 nitrogen and oxygen atoms in total. The quantitative estimate of drug-likeness (QED) is 0.549. The van der Waals surface area contributed by atoms with Gasteiger partial charge >= 0.3 is 0 Å². The summed E-state index contributed by atoms with van der Waals surface area (Å²) in [5, 5.41) is 0. The van der Waals surface area contributed by atoms with E-state index in [4.69, 9.17) is 11.6 Å². The highest BCUT2D eigenvalue weighted by Crippen LogP contribution is 2.16. The summed E-state index contributed by atoms with van der Waals surface area (Å²) in [6, 6.07) is 10.7. The molecule has 0 aliphatic rings. The zero-order valence-corrected chi connectivity index (χ0v) is 13.2. The maximum Gasteiger partial charge on any atom is 0.0351 e. The molecular formula is C17H28ClN. The van der Waals surface area contributed by atoms with Crippen LogP contribution in [0.15, 0.2) is 30.3 Å². The average molecular weight is 282 g/mol. The van der Waals surface area contributed by atoms with Crippen LogP contribution in [0, 0.1) is 5.92 Å². The normalized spacial score (nSPS) is 12.8. The second kappa shape index (κ2) is 10.3. The summed E-state index contributed by atoms with van der Waals surface area (Å²) in [7, 11) is 0. The average Bonchev–Trinajstić information content (AvgIpc) is 2.44. The first-order valence-electron chi connectivity index (χ1n) is 7.62. The van der Waals surface area contributed by atoms with Gasteiger partial charge in [0.25, 0.3) is 0 Å². The number of hydrogen-bond donors (Lipinski definition) is 0. The van der Waals surface area contributed by atoms with Crippen molar-refractivity contribution in [3.05, 3.63) is 35.9 Å². The number of benzene rings is 1. The van der Waals surface area contributed by atoms with E-state index in [2.05, 4.69) is 49.1 Å². The molecule has 0 aliphatic heterocycles. The van der Waals surface area contributed by atoms with Crippen LogP contribution in [0.1, 0.15) is 45.1 Å². The second-order valence-corrected chi connectivity index (χ2v) is 5.70. The Hall–Kier alpha value is -0.530. The highest BCUT2D eigenvalue weighted by Gasteiger charge is 2.12. The molecule has 0 aliphatic carbocycles. The largest absolute Gasteiger partial charge is 0.298 e. The third-order valence-electron chi connectivity index (χ3n) is 3.71. The van der Waals surface area contributed by atoms with Crippen molar-refractivity contribution in [1.82, 2.24) is 4.90 Å². The van der Waals surface area contributed by atoms with E-state index in [9.17, 15) is 0 Å². The van der Waals surface area contributed by atoms with Gasteiger partial charge in [0.2, 0.25) is 0 Å². The molecule has 1 unspecified atom stereocenters. The zero-order valence-electron chi connectivity index (χ0n) is 12.4. The summed E-state index contributed by atoms with van der Waals surface area (Å²) in [5.41, 5.74) is 1.39. The first kappa shape index (κ1) is 16.5. The van der Waals surface area contributed by atoms with Crippen LogP contribution in [-0.2, 0) is 6.54 Å². The van der Waals surface area contributed by atoms with Crippen molar-refractivity contribution in [2.45, 2.75) is 46.1 Å². The number of halogens is 1.